The van der Waals surface area contributed by atoms with E-state index in [4.69, 9.17) is 0 Å². The minimum atomic E-state index is 1.05. The lowest BCUT2D eigenvalue weighted by atomic mass is 10.3. The van der Waals surface area contributed by atoms with Crippen LogP contribution in [0.15, 0.2) is 0 Å². The Kier molecular flexibility index (Phi) is 11.0. The normalized spacial score (nSPS) is 17.7. The van der Waals surface area contributed by atoms with Gasteiger partial charge in [-0.2, -0.15) is 0 Å². The fourth-order valence-corrected chi connectivity index (χ4v) is 2.54. The van der Waals surface area contributed by atoms with E-state index in [0.29, 0.717) is 0 Å². The van der Waals surface area contributed by atoms with Crippen LogP contribution in [0.4, 0.5) is 0 Å². The Morgan fingerprint density at radius 3 is 2.00 bits per heavy atom. The molecule has 0 bridgehead atoms. The Balaban J connectivity index is 1.99. The van der Waals surface area contributed by atoms with E-state index in [9.17, 15) is 0 Å². The van der Waals surface area contributed by atoms with Crippen LogP contribution in [0.5, 0.6) is 0 Å². The van der Waals surface area contributed by atoms with Crippen LogP contribution < -0.4 is 16.0 Å². The monoisotopic (exact) mass is 300 g/mol. The molecule has 0 aromatic heterocycles. The molecule has 1 saturated heterocycles. The Hall–Kier alpha value is -0.240. The molecule has 0 aromatic rings. The Labute approximate surface area is 131 Å². The molecule has 0 amide bonds. The summed E-state index contributed by atoms with van der Waals surface area (Å²) >= 11 is 0. The zero-order chi connectivity index (χ0) is 15.3. The standard InChI is InChI=1S/C15H36N6/c1-16-4-5-18-7-9-20-12-14-21(15-13-20)11-10-19(3)8-6-17-2/h16-18H,4-15H2,1-3H3. The maximum atomic E-state index is 3.47. The van der Waals surface area contributed by atoms with Gasteiger partial charge in [-0.25, -0.2) is 0 Å². The van der Waals surface area contributed by atoms with Crippen LogP contribution in [0.1, 0.15) is 0 Å². The van der Waals surface area contributed by atoms with E-state index in [0.717, 1.165) is 32.7 Å². The van der Waals surface area contributed by atoms with Crippen molar-refractivity contribution in [3.63, 3.8) is 0 Å². The van der Waals surface area contributed by atoms with Gasteiger partial charge in [0.1, 0.15) is 0 Å². The minimum absolute atomic E-state index is 1.05. The van der Waals surface area contributed by atoms with Gasteiger partial charge in [-0.1, -0.05) is 0 Å². The average molecular weight is 300 g/mol. The van der Waals surface area contributed by atoms with Crippen molar-refractivity contribution in [3.8, 4) is 0 Å². The molecule has 1 aliphatic heterocycles. The van der Waals surface area contributed by atoms with E-state index in [1.165, 1.54) is 45.8 Å². The second-order valence-electron chi connectivity index (χ2n) is 5.94. The van der Waals surface area contributed by atoms with Crippen LogP contribution in [0.25, 0.3) is 0 Å². The smallest absolute Gasteiger partial charge is 0.0110 e. The molecular formula is C15H36N6. The SMILES string of the molecule is CNCCNCCN1CCN(CCN(C)CCNC)CC1. The lowest BCUT2D eigenvalue weighted by molar-refractivity contribution is 0.123. The number of hydrogen-bond acceptors (Lipinski definition) is 6. The molecule has 1 aliphatic rings. The average Bonchev–Trinajstić information content (AvgIpc) is 2.52. The van der Waals surface area contributed by atoms with Crippen molar-refractivity contribution in [2.24, 2.45) is 0 Å². The molecule has 0 saturated carbocycles. The van der Waals surface area contributed by atoms with Gasteiger partial charge < -0.3 is 20.9 Å². The predicted molar refractivity (Wildman–Crippen MR) is 91.1 cm³/mol. The molecule has 1 fully saturated rings. The lowest BCUT2D eigenvalue weighted by Crippen LogP contribution is -2.49. The van der Waals surface area contributed by atoms with Gasteiger partial charge in [-0.05, 0) is 21.1 Å². The fraction of sp³-hybridized carbons (Fsp3) is 1.00. The van der Waals surface area contributed by atoms with Crippen LogP contribution in [0.2, 0.25) is 0 Å². The van der Waals surface area contributed by atoms with Gasteiger partial charge in [0, 0.05) is 78.5 Å². The van der Waals surface area contributed by atoms with Crippen molar-refractivity contribution in [2.45, 2.75) is 0 Å². The lowest BCUT2D eigenvalue weighted by Gasteiger charge is -2.35. The zero-order valence-corrected chi connectivity index (χ0v) is 14.3. The summed E-state index contributed by atoms with van der Waals surface area (Å²) in [4.78, 5) is 7.59. The molecule has 0 aliphatic carbocycles. The topological polar surface area (TPSA) is 45.8 Å². The van der Waals surface area contributed by atoms with Gasteiger partial charge in [0.15, 0.2) is 0 Å². The van der Waals surface area contributed by atoms with Crippen LogP contribution in [0, 0.1) is 0 Å². The molecule has 0 atom stereocenters. The van der Waals surface area contributed by atoms with Crippen molar-refractivity contribution in [1.29, 1.82) is 0 Å². The summed E-state index contributed by atoms with van der Waals surface area (Å²) in [6, 6.07) is 0. The first kappa shape index (κ1) is 18.8. The van der Waals surface area contributed by atoms with Crippen molar-refractivity contribution in [3.05, 3.63) is 0 Å². The molecule has 0 unspecified atom stereocenters. The van der Waals surface area contributed by atoms with Crippen LogP contribution in [-0.4, -0.2) is 114 Å². The van der Waals surface area contributed by atoms with E-state index in [1.807, 2.05) is 14.1 Å². The first-order valence-corrected chi connectivity index (χ1v) is 8.39. The van der Waals surface area contributed by atoms with Crippen molar-refractivity contribution < 1.29 is 0 Å². The van der Waals surface area contributed by atoms with E-state index in [2.05, 4.69) is 37.7 Å². The van der Waals surface area contributed by atoms with E-state index in [1.54, 1.807) is 0 Å². The molecule has 3 N–H and O–H groups in total. The highest BCUT2D eigenvalue weighted by Crippen LogP contribution is 2.01. The van der Waals surface area contributed by atoms with Gasteiger partial charge in [0.25, 0.3) is 0 Å². The molecule has 0 spiro atoms. The second kappa shape index (κ2) is 12.3. The molecular weight excluding hydrogens is 264 g/mol. The second-order valence-corrected chi connectivity index (χ2v) is 5.94. The maximum absolute atomic E-state index is 3.47. The maximum Gasteiger partial charge on any atom is 0.0110 e. The Bertz CT molecular complexity index is 230. The van der Waals surface area contributed by atoms with Gasteiger partial charge in [-0.3, -0.25) is 9.80 Å². The molecule has 21 heavy (non-hydrogen) atoms. The summed E-state index contributed by atoms with van der Waals surface area (Å²) in [6.45, 7) is 13.9. The number of hydrogen-bond donors (Lipinski definition) is 3. The van der Waals surface area contributed by atoms with Gasteiger partial charge >= 0.3 is 0 Å². The number of rotatable bonds is 12. The third-order valence-corrected chi connectivity index (χ3v) is 4.16. The van der Waals surface area contributed by atoms with Crippen molar-refractivity contribution in [1.82, 2.24) is 30.7 Å². The number of nitrogens with one attached hydrogen (secondary N) is 3. The summed E-state index contributed by atoms with van der Waals surface area (Å²) in [5.41, 5.74) is 0. The number of likely N-dealkylation sites (N-methyl/N-ethyl adjacent to an activating group) is 3. The summed E-state index contributed by atoms with van der Waals surface area (Å²) in [7, 11) is 6.22. The molecule has 6 heteroatoms. The van der Waals surface area contributed by atoms with E-state index in [-0.39, 0.29) is 0 Å². The van der Waals surface area contributed by atoms with Gasteiger partial charge in [0.05, 0.1) is 0 Å². The van der Waals surface area contributed by atoms with E-state index < -0.39 is 0 Å². The van der Waals surface area contributed by atoms with Crippen molar-refractivity contribution >= 4 is 0 Å². The largest absolute Gasteiger partial charge is 0.318 e. The third-order valence-electron chi connectivity index (χ3n) is 4.16. The minimum Gasteiger partial charge on any atom is -0.318 e. The van der Waals surface area contributed by atoms with Gasteiger partial charge in [0.2, 0.25) is 0 Å². The van der Waals surface area contributed by atoms with E-state index >= 15 is 0 Å². The zero-order valence-electron chi connectivity index (χ0n) is 14.3. The molecule has 126 valence electrons. The summed E-state index contributed by atoms with van der Waals surface area (Å²) in [5, 5.41) is 9.83. The first-order chi connectivity index (χ1) is 10.3. The summed E-state index contributed by atoms with van der Waals surface area (Å²) in [5.74, 6) is 0. The highest BCUT2D eigenvalue weighted by atomic mass is 15.3. The molecule has 0 radical (unpaired) electrons. The predicted octanol–water partition coefficient (Wildman–Crippen LogP) is -1.44. The van der Waals surface area contributed by atoms with Gasteiger partial charge in [-0.15, -0.1) is 0 Å². The van der Waals surface area contributed by atoms with Crippen LogP contribution >= 0.6 is 0 Å². The summed E-state index contributed by atoms with van der Waals surface area (Å²) < 4.78 is 0. The molecule has 6 nitrogen and oxygen atoms in total. The van der Waals surface area contributed by atoms with Crippen molar-refractivity contribution in [2.75, 3.05) is 99.7 Å². The Morgan fingerprint density at radius 1 is 0.762 bits per heavy atom. The quantitative estimate of drug-likeness (QED) is 0.384. The molecule has 0 aromatic carbocycles. The number of nitrogens with zero attached hydrogens (tertiary/aromatic N) is 3. The van der Waals surface area contributed by atoms with Crippen LogP contribution in [0.3, 0.4) is 0 Å². The third kappa shape index (κ3) is 9.39. The fourth-order valence-electron chi connectivity index (χ4n) is 2.54. The first-order valence-electron chi connectivity index (χ1n) is 8.39. The molecule has 1 heterocycles. The highest BCUT2D eigenvalue weighted by molar-refractivity contribution is 4.73. The highest BCUT2D eigenvalue weighted by Gasteiger charge is 2.16. The summed E-state index contributed by atoms with van der Waals surface area (Å²) in [6.07, 6.45) is 0. The Morgan fingerprint density at radius 2 is 1.38 bits per heavy atom. The molecule has 1 rings (SSSR count). The van der Waals surface area contributed by atoms with Crippen LogP contribution in [-0.2, 0) is 0 Å². The number of piperazine rings is 1.